The summed E-state index contributed by atoms with van der Waals surface area (Å²) in [5, 5.41) is 11.1. The Kier molecular flexibility index (Phi) is 6.00. The van der Waals surface area contributed by atoms with Gasteiger partial charge in [0.25, 0.3) is 0 Å². The van der Waals surface area contributed by atoms with E-state index < -0.39 is 34.1 Å². The molecule has 1 aromatic rings. The van der Waals surface area contributed by atoms with E-state index in [-0.39, 0.29) is 47.6 Å². The number of benzene rings is 1. The van der Waals surface area contributed by atoms with Crippen LogP contribution in [0.2, 0.25) is 0 Å². The van der Waals surface area contributed by atoms with Gasteiger partial charge in [0.15, 0.2) is 11.4 Å². The molecule has 8 aliphatic heterocycles. The molecule has 6 saturated heterocycles. The minimum atomic E-state index is -0.907. The van der Waals surface area contributed by atoms with Gasteiger partial charge in [0.05, 0.1) is 49.3 Å². The molecule has 8 fully saturated rings. The average Bonchev–Trinajstić information content (AvgIpc) is 3.76. The fourth-order valence-corrected chi connectivity index (χ4v) is 14.3. The van der Waals surface area contributed by atoms with Crippen LogP contribution in [0.25, 0.3) is 5.57 Å². The minimum absolute atomic E-state index is 0.0454. The van der Waals surface area contributed by atoms with Gasteiger partial charge in [0.2, 0.25) is 0 Å². The Bertz CT molecular complexity index is 2050. The molecule has 2 saturated carbocycles. The lowest BCUT2D eigenvalue weighted by Gasteiger charge is -2.63. The number of nitrogens with zero attached hydrogens (tertiary/aromatic N) is 4. The summed E-state index contributed by atoms with van der Waals surface area (Å²) in [6, 6.07) is 4.45. The predicted molar refractivity (Wildman–Crippen MR) is 191 cm³/mol. The van der Waals surface area contributed by atoms with Gasteiger partial charge in [-0.1, -0.05) is 11.6 Å². The van der Waals surface area contributed by atoms with Crippen molar-refractivity contribution in [3.8, 4) is 5.75 Å². The van der Waals surface area contributed by atoms with Gasteiger partial charge in [-0.2, -0.15) is 0 Å². The number of piperidine rings is 2. The number of aliphatic hydroxyl groups excluding tert-OH is 1. The van der Waals surface area contributed by atoms with Crippen molar-refractivity contribution in [3.63, 3.8) is 0 Å². The van der Waals surface area contributed by atoms with E-state index in [1.54, 1.807) is 20.1 Å². The second-order valence-corrected chi connectivity index (χ2v) is 17.3. The maximum Gasteiger partial charge on any atom is 0.311 e. The van der Waals surface area contributed by atoms with Gasteiger partial charge in [-0.25, -0.2) is 0 Å². The summed E-state index contributed by atoms with van der Waals surface area (Å²) in [7, 11) is 5.24. The number of ketones is 1. The number of carbonyl (C=O) groups is 3. The number of hydrogen-bond donors (Lipinski definition) is 1. The lowest BCUT2D eigenvalue weighted by molar-refractivity contribution is -0.179. The van der Waals surface area contributed by atoms with Crippen molar-refractivity contribution in [1.82, 2.24) is 9.80 Å². The maximum atomic E-state index is 14.7. The highest BCUT2D eigenvalue weighted by Gasteiger charge is 2.78. The molecule has 11 nitrogen and oxygen atoms in total. The Morgan fingerprint density at radius 3 is 2.73 bits per heavy atom. The van der Waals surface area contributed by atoms with Crippen LogP contribution in [-0.4, -0.2) is 115 Å². The van der Waals surface area contributed by atoms with E-state index in [2.05, 4.69) is 46.9 Å². The molecule has 1 N–H and O–H groups in total. The summed E-state index contributed by atoms with van der Waals surface area (Å²) in [6.07, 6.45) is 9.12. The highest BCUT2D eigenvalue weighted by molar-refractivity contribution is 6.37. The number of ether oxygens (including phenoxy) is 3. The zero-order valence-electron chi connectivity index (χ0n) is 30.5. The topological polar surface area (TPSA) is 121 Å². The lowest BCUT2D eigenvalue weighted by Crippen LogP contribution is -2.76. The fourth-order valence-electron chi connectivity index (χ4n) is 14.3. The third kappa shape index (κ3) is 3.18. The van der Waals surface area contributed by atoms with Crippen molar-refractivity contribution in [2.45, 2.75) is 80.8 Å². The molecule has 52 heavy (non-hydrogen) atoms. The Morgan fingerprint density at radius 2 is 1.98 bits per heavy atom. The fraction of sp³-hybridized carbons (Fsp3) is 0.610. The summed E-state index contributed by atoms with van der Waals surface area (Å²) in [4.78, 5) is 55.4. The maximum absolute atomic E-state index is 14.7. The number of aliphatic hydroxyl groups is 1. The predicted octanol–water partition coefficient (Wildman–Crippen LogP) is 3.05. The SMILES string of the molecule is CC=C1CN2CC[C@@]34C5=CC(=O)C(c6cc7c(cc6OC)N(C)[C@H]6[C@@H]8C[C@@H]9[C@H]%10C(=O)O[C@]9([C@@H](C)O)CN8CC[C@]7%106)=CC5=N[C@@]23CC[C@@H]1[C@H]4C(=O)OC. The first-order chi connectivity index (χ1) is 25.0. The molecule has 1 unspecified atom stereocenters. The summed E-state index contributed by atoms with van der Waals surface area (Å²) >= 11 is 0. The normalized spacial score (nSPS) is 45.4. The molecular weight excluding hydrogens is 660 g/mol. The summed E-state index contributed by atoms with van der Waals surface area (Å²) in [6.45, 7) is 6.76. The number of likely N-dealkylation sites (N-methyl/N-ethyl adjacent to an activating group) is 1. The van der Waals surface area contributed by atoms with Crippen molar-refractivity contribution in [3.05, 3.63) is 52.6 Å². The van der Waals surface area contributed by atoms with Crippen LogP contribution in [-0.2, 0) is 29.3 Å². The van der Waals surface area contributed by atoms with Crippen molar-refractivity contribution in [2.75, 3.05) is 52.3 Å². The van der Waals surface area contributed by atoms with Crippen LogP contribution < -0.4 is 9.64 Å². The van der Waals surface area contributed by atoms with E-state index in [4.69, 9.17) is 19.2 Å². The van der Waals surface area contributed by atoms with E-state index in [1.807, 2.05) is 6.08 Å². The van der Waals surface area contributed by atoms with E-state index >= 15 is 0 Å². The lowest BCUT2D eigenvalue weighted by atomic mass is 9.49. The molecule has 272 valence electrons. The number of aliphatic imine (C=N–C) groups is 1. The number of rotatable bonds is 4. The van der Waals surface area contributed by atoms with Gasteiger partial charge in [0, 0.05) is 66.9 Å². The Hall–Kier alpha value is -3.80. The number of hydrogen-bond acceptors (Lipinski definition) is 11. The van der Waals surface area contributed by atoms with E-state index in [0.717, 1.165) is 74.3 Å². The molecule has 12 rings (SSSR count). The monoisotopic (exact) mass is 706 g/mol. The van der Waals surface area contributed by atoms with Gasteiger partial charge in [0.1, 0.15) is 11.4 Å². The van der Waals surface area contributed by atoms with Gasteiger partial charge in [-0.05, 0) is 87.8 Å². The Labute approximate surface area is 303 Å². The third-order valence-electron chi connectivity index (χ3n) is 16.2. The zero-order chi connectivity index (χ0) is 35.9. The van der Waals surface area contributed by atoms with Crippen LogP contribution in [0.3, 0.4) is 0 Å². The molecular formula is C41H46N4O7. The van der Waals surface area contributed by atoms with Crippen LogP contribution in [0.15, 0.2) is 46.5 Å². The smallest absolute Gasteiger partial charge is 0.311 e. The van der Waals surface area contributed by atoms with E-state index in [9.17, 15) is 19.5 Å². The molecule has 1 spiro atoms. The van der Waals surface area contributed by atoms with E-state index in [1.165, 1.54) is 12.7 Å². The number of fused-ring (bicyclic) bond motifs is 4. The van der Waals surface area contributed by atoms with Crippen molar-refractivity contribution < 1.29 is 33.7 Å². The largest absolute Gasteiger partial charge is 0.496 e. The van der Waals surface area contributed by atoms with Crippen molar-refractivity contribution >= 4 is 34.7 Å². The summed E-state index contributed by atoms with van der Waals surface area (Å²) in [5.74, 6) is -0.811. The number of anilines is 1. The standard InChI is InChI=1S/C41H46N4O7/c1-6-21-18-45-12-10-39-25-16-31(47)23(14-28(25)42-41(39,45)8-7-22(21)33(39)36(48)51-5)24-13-26-29(17-32(24)50-4)43(3)35-30-15-27-34-37(49)52-40(27,20(2)46)19-44(30)11-9-38(26,34)35/h6,13-14,16-17,20,22,27,30,33-35,46H,7-12,15,18-19H2,1-5H3/t20-,22+,27-,30+,33+,34+,35+,38+,39+,40+,41+/m1/s1. The van der Waals surface area contributed by atoms with Crippen LogP contribution >= 0.6 is 0 Å². The Morgan fingerprint density at radius 1 is 1.15 bits per heavy atom. The number of allylic oxidation sites excluding steroid dienone is 4. The average molecular weight is 707 g/mol. The second kappa shape index (κ2) is 9.84. The summed E-state index contributed by atoms with van der Waals surface area (Å²) in [5.41, 5.74) is 3.51. The summed E-state index contributed by atoms with van der Waals surface area (Å²) < 4.78 is 17.9. The number of methoxy groups -OCH3 is 2. The van der Waals surface area contributed by atoms with E-state index in [0.29, 0.717) is 23.4 Å². The van der Waals surface area contributed by atoms with Gasteiger partial charge in [-0.3, -0.25) is 29.2 Å². The highest BCUT2D eigenvalue weighted by atomic mass is 16.6. The number of carbonyl (C=O) groups excluding carboxylic acids is 3. The molecule has 1 aromatic carbocycles. The quantitative estimate of drug-likeness (QED) is 0.284. The molecule has 11 heteroatoms. The van der Waals surface area contributed by atoms with Gasteiger partial charge >= 0.3 is 11.9 Å². The van der Waals surface area contributed by atoms with Crippen LogP contribution in [0.5, 0.6) is 5.75 Å². The van der Waals surface area contributed by atoms with Crippen LogP contribution in [0, 0.1) is 29.1 Å². The molecule has 0 radical (unpaired) electrons. The molecule has 3 aliphatic carbocycles. The molecule has 7 bridgehead atoms. The number of esters is 2. The molecule has 8 heterocycles. The second-order valence-electron chi connectivity index (χ2n) is 17.3. The molecule has 0 amide bonds. The third-order valence-corrected chi connectivity index (χ3v) is 16.2. The van der Waals surface area contributed by atoms with Crippen molar-refractivity contribution in [2.24, 2.45) is 34.1 Å². The van der Waals surface area contributed by atoms with Crippen molar-refractivity contribution in [1.29, 1.82) is 0 Å². The first-order valence-corrected chi connectivity index (χ1v) is 19.2. The van der Waals surface area contributed by atoms with Crippen LogP contribution in [0.1, 0.15) is 57.1 Å². The highest BCUT2D eigenvalue weighted by Crippen LogP contribution is 2.71. The van der Waals surface area contributed by atoms with Gasteiger partial charge in [-0.15, -0.1) is 0 Å². The Balaban J connectivity index is 1.07. The van der Waals surface area contributed by atoms with Gasteiger partial charge < -0.3 is 24.2 Å². The zero-order valence-corrected chi connectivity index (χ0v) is 30.5. The molecule has 0 aromatic heterocycles. The molecule has 11 aliphatic rings. The molecule has 12 atom stereocenters. The minimum Gasteiger partial charge on any atom is -0.496 e. The first kappa shape index (κ1) is 31.7. The van der Waals surface area contributed by atoms with Crippen LogP contribution in [0.4, 0.5) is 5.69 Å². The first-order valence-electron chi connectivity index (χ1n) is 19.2.